The van der Waals surface area contributed by atoms with E-state index in [0.29, 0.717) is 23.6 Å². The Morgan fingerprint density at radius 2 is 1.81 bits per heavy atom. The number of carbonyl (C=O) groups excluding carboxylic acids is 2. The summed E-state index contributed by atoms with van der Waals surface area (Å²) < 4.78 is 4.99. The molecule has 1 aromatic heterocycles. The minimum atomic E-state index is -0.172. The maximum Gasteiger partial charge on any atom is 0.261 e. The molecule has 0 saturated carbocycles. The molecule has 1 fully saturated rings. The molecule has 2 N–H and O–H groups in total. The highest BCUT2D eigenvalue weighted by Crippen LogP contribution is 2.28. The molecule has 8 heteroatoms. The second-order valence-electron chi connectivity index (χ2n) is 9.56. The van der Waals surface area contributed by atoms with E-state index < -0.39 is 0 Å². The highest BCUT2D eigenvalue weighted by Gasteiger charge is 2.19. The Bertz CT molecular complexity index is 1230. The van der Waals surface area contributed by atoms with Crippen molar-refractivity contribution in [1.82, 2.24) is 15.5 Å². The number of hydrogen-bond acceptors (Lipinski definition) is 6. The van der Waals surface area contributed by atoms with E-state index in [9.17, 15) is 9.59 Å². The average molecular weight is 521 g/mol. The Hall–Kier alpha value is -3.20. The molecule has 37 heavy (non-hydrogen) atoms. The lowest BCUT2D eigenvalue weighted by Gasteiger charge is -2.34. The van der Waals surface area contributed by atoms with Crippen LogP contribution in [0.15, 0.2) is 53.9 Å². The summed E-state index contributed by atoms with van der Waals surface area (Å²) in [5, 5.41) is 8.03. The van der Waals surface area contributed by atoms with Crippen LogP contribution in [0, 0.1) is 6.92 Å². The molecule has 0 aliphatic carbocycles. The van der Waals surface area contributed by atoms with Crippen LogP contribution in [0.2, 0.25) is 0 Å². The van der Waals surface area contributed by atoms with Gasteiger partial charge in [-0.05, 0) is 72.8 Å². The lowest BCUT2D eigenvalue weighted by atomic mass is 10.0. The van der Waals surface area contributed by atoms with Crippen LogP contribution in [0.25, 0.3) is 11.1 Å². The topological polar surface area (TPSA) is 73.9 Å². The zero-order valence-electron chi connectivity index (χ0n) is 22.0. The van der Waals surface area contributed by atoms with Crippen LogP contribution in [-0.2, 0) is 4.74 Å². The molecule has 1 aliphatic rings. The van der Waals surface area contributed by atoms with Crippen LogP contribution < -0.4 is 15.5 Å². The molecule has 1 aliphatic heterocycles. The van der Waals surface area contributed by atoms with Crippen LogP contribution >= 0.6 is 11.3 Å². The van der Waals surface area contributed by atoms with Crippen LogP contribution in [-0.4, -0.2) is 70.2 Å². The van der Waals surface area contributed by atoms with E-state index in [0.717, 1.165) is 54.1 Å². The van der Waals surface area contributed by atoms with E-state index in [1.54, 1.807) is 7.11 Å². The number of nitrogens with one attached hydrogen (secondary N) is 2. The highest BCUT2D eigenvalue weighted by atomic mass is 32.1. The van der Waals surface area contributed by atoms with Gasteiger partial charge in [0, 0.05) is 51.1 Å². The number of rotatable bonds is 9. The molecule has 3 aromatic rings. The van der Waals surface area contributed by atoms with Crippen LogP contribution in [0.3, 0.4) is 0 Å². The van der Waals surface area contributed by atoms with Gasteiger partial charge in [-0.1, -0.05) is 24.3 Å². The summed E-state index contributed by atoms with van der Waals surface area (Å²) in [7, 11) is 3.75. The van der Waals surface area contributed by atoms with Gasteiger partial charge in [0.05, 0.1) is 17.5 Å². The zero-order valence-corrected chi connectivity index (χ0v) is 22.9. The number of thiophene rings is 1. The summed E-state index contributed by atoms with van der Waals surface area (Å²) in [5.41, 5.74) is 5.78. The normalized spacial score (nSPS) is 14.9. The van der Waals surface area contributed by atoms with E-state index >= 15 is 0 Å². The van der Waals surface area contributed by atoms with Gasteiger partial charge in [0.2, 0.25) is 0 Å². The van der Waals surface area contributed by atoms with Crippen LogP contribution in [0.5, 0.6) is 0 Å². The van der Waals surface area contributed by atoms with Gasteiger partial charge >= 0.3 is 0 Å². The van der Waals surface area contributed by atoms with Gasteiger partial charge in [-0.15, -0.1) is 11.3 Å². The second-order valence-corrected chi connectivity index (χ2v) is 10.5. The van der Waals surface area contributed by atoms with Crippen molar-refractivity contribution in [2.75, 3.05) is 58.4 Å². The SMILES string of the molecule is COCCNC(=O)c1cc(-c2cccc([C@@H](C)NC(=O)c3cc(N4CCN(C)CC4)ccc3C)c2)cs1. The van der Waals surface area contributed by atoms with Gasteiger partial charge in [-0.25, -0.2) is 0 Å². The van der Waals surface area contributed by atoms with Gasteiger partial charge in [0.25, 0.3) is 11.8 Å². The number of amides is 2. The standard InChI is InChI=1S/C29H36N4O3S/c1-20-8-9-25(33-13-11-32(3)12-14-33)18-26(20)28(34)31-21(2)22-6-5-7-23(16-22)24-17-27(37-19-24)29(35)30-10-15-36-4/h5-9,16-19,21H,10-15H2,1-4H3,(H,30,35)(H,31,34)/t21-/m1/s1. The Kier molecular flexibility index (Phi) is 8.97. The van der Waals surface area contributed by atoms with Crippen LogP contribution in [0.1, 0.15) is 44.1 Å². The molecule has 0 unspecified atom stereocenters. The molecule has 0 radical (unpaired) electrons. The summed E-state index contributed by atoms with van der Waals surface area (Å²) in [5.74, 6) is -0.170. The number of benzene rings is 2. The van der Waals surface area contributed by atoms with Gasteiger partial charge in [-0.2, -0.15) is 0 Å². The number of carbonyl (C=O) groups is 2. The predicted octanol–water partition coefficient (Wildman–Crippen LogP) is 4.34. The average Bonchev–Trinajstić information content (AvgIpc) is 3.40. The molecule has 1 atom stereocenters. The van der Waals surface area contributed by atoms with Gasteiger partial charge in [-0.3, -0.25) is 9.59 Å². The quantitative estimate of drug-likeness (QED) is 0.411. The van der Waals surface area contributed by atoms with Crippen molar-refractivity contribution in [2.45, 2.75) is 19.9 Å². The molecule has 196 valence electrons. The van der Waals surface area contributed by atoms with Crippen molar-refractivity contribution >= 4 is 28.8 Å². The number of piperazine rings is 1. The molecule has 0 bridgehead atoms. The Balaban J connectivity index is 1.44. The number of likely N-dealkylation sites (N-methyl/N-ethyl adjacent to an activating group) is 1. The number of hydrogen-bond donors (Lipinski definition) is 2. The smallest absolute Gasteiger partial charge is 0.261 e. The van der Waals surface area contributed by atoms with E-state index in [2.05, 4.69) is 39.6 Å². The van der Waals surface area contributed by atoms with E-state index in [4.69, 9.17) is 4.74 Å². The first-order valence-electron chi connectivity index (χ1n) is 12.7. The van der Waals surface area contributed by atoms with Gasteiger partial charge < -0.3 is 25.2 Å². The summed E-state index contributed by atoms with van der Waals surface area (Å²) >= 11 is 1.42. The predicted molar refractivity (Wildman–Crippen MR) is 151 cm³/mol. The third kappa shape index (κ3) is 6.77. The molecule has 7 nitrogen and oxygen atoms in total. The fraction of sp³-hybridized carbons (Fsp3) is 0.379. The van der Waals surface area contributed by atoms with E-state index in [-0.39, 0.29) is 17.9 Å². The first-order valence-corrected chi connectivity index (χ1v) is 13.5. The van der Waals surface area contributed by atoms with Crippen molar-refractivity contribution in [3.63, 3.8) is 0 Å². The van der Waals surface area contributed by atoms with E-state index in [1.165, 1.54) is 11.3 Å². The largest absolute Gasteiger partial charge is 0.383 e. The number of aryl methyl sites for hydroxylation is 1. The second kappa shape index (κ2) is 12.4. The minimum absolute atomic E-state index is 0.0723. The summed E-state index contributed by atoms with van der Waals surface area (Å²) in [6.07, 6.45) is 0. The van der Waals surface area contributed by atoms with Crippen molar-refractivity contribution in [3.8, 4) is 11.1 Å². The first kappa shape index (κ1) is 26.9. The number of nitrogens with zero attached hydrogens (tertiary/aromatic N) is 2. The van der Waals surface area contributed by atoms with Gasteiger partial charge in [0.15, 0.2) is 0 Å². The van der Waals surface area contributed by atoms with Gasteiger partial charge in [0.1, 0.15) is 0 Å². The maximum absolute atomic E-state index is 13.3. The van der Waals surface area contributed by atoms with Crippen LogP contribution in [0.4, 0.5) is 5.69 Å². The molecule has 2 heterocycles. The highest BCUT2D eigenvalue weighted by molar-refractivity contribution is 7.12. The maximum atomic E-state index is 13.3. The molecular weight excluding hydrogens is 484 g/mol. The Labute approximate surface area is 223 Å². The monoisotopic (exact) mass is 520 g/mol. The molecular formula is C29H36N4O3S. The first-order chi connectivity index (χ1) is 17.9. The fourth-order valence-corrected chi connectivity index (χ4v) is 5.25. The molecule has 1 saturated heterocycles. The fourth-order valence-electron chi connectivity index (χ4n) is 4.42. The molecule has 2 amide bonds. The lowest BCUT2D eigenvalue weighted by Crippen LogP contribution is -2.44. The van der Waals surface area contributed by atoms with Crippen molar-refractivity contribution in [1.29, 1.82) is 0 Å². The minimum Gasteiger partial charge on any atom is -0.383 e. The number of anilines is 1. The molecule has 2 aromatic carbocycles. The van der Waals surface area contributed by atoms with Crippen molar-refractivity contribution in [2.24, 2.45) is 0 Å². The van der Waals surface area contributed by atoms with Crippen molar-refractivity contribution in [3.05, 3.63) is 75.5 Å². The molecule has 0 spiro atoms. The third-order valence-electron chi connectivity index (χ3n) is 6.82. The van der Waals surface area contributed by atoms with E-state index in [1.807, 2.05) is 55.6 Å². The number of ether oxygens (including phenoxy) is 1. The molecule has 4 rings (SSSR count). The zero-order chi connectivity index (χ0) is 26.4. The summed E-state index contributed by atoms with van der Waals surface area (Å²) in [6, 6.07) is 16.0. The third-order valence-corrected chi connectivity index (χ3v) is 7.75. The Morgan fingerprint density at radius 3 is 2.57 bits per heavy atom. The summed E-state index contributed by atoms with van der Waals surface area (Å²) in [6.45, 7) is 8.90. The lowest BCUT2D eigenvalue weighted by molar-refractivity contribution is 0.0932. The number of methoxy groups -OCH3 is 1. The Morgan fingerprint density at radius 1 is 1.03 bits per heavy atom. The summed E-state index contributed by atoms with van der Waals surface area (Å²) in [4.78, 5) is 31.0. The van der Waals surface area contributed by atoms with Crippen molar-refractivity contribution < 1.29 is 14.3 Å².